The monoisotopic (exact) mass is 402 g/mol. The average Bonchev–Trinajstić information content (AvgIpc) is 2.71. The van der Waals surface area contributed by atoms with Gasteiger partial charge in [0.15, 0.2) is 0 Å². The van der Waals surface area contributed by atoms with E-state index in [-0.39, 0.29) is 18.1 Å². The molecule has 2 atom stereocenters. The summed E-state index contributed by atoms with van der Waals surface area (Å²) in [5, 5.41) is 3.67. The number of nitrogens with zero attached hydrogens (tertiary/aromatic N) is 1. The lowest BCUT2D eigenvalue weighted by Gasteiger charge is -2.36. The number of benzene rings is 2. The maximum atomic E-state index is 12.5. The third-order valence-electron chi connectivity index (χ3n) is 4.93. The normalized spacial score (nSPS) is 18.5. The number of ether oxygens (including phenoxy) is 2. The number of nitrogens with one attached hydrogen (secondary N) is 1. The van der Waals surface area contributed by atoms with Gasteiger partial charge in [0, 0.05) is 18.1 Å². The topological polar surface area (TPSA) is 50.8 Å². The predicted octanol–water partition coefficient (Wildman–Crippen LogP) is 3.61. The summed E-state index contributed by atoms with van der Waals surface area (Å²) in [4.78, 5) is 14.7. The van der Waals surface area contributed by atoms with Gasteiger partial charge in [-0.1, -0.05) is 35.9 Å². The van der Waals surface area contributed by atoms with Gasteiger partial charge in [-0.3, -0.25) is 9.69 Å². The zero-order chi connectivity index (χ0) is 19.9. The number of hydrogen-bond donors (Lipinski definition) is 1. The van der Waals surface area contributed by atoms with Crippen LogP contribution in [0.2, 0.25) is 5.02 Å². The van der Waals surface area contributed by atoms with Crippen LogP contribution in [0.1, 0.15) is 24.2 Å². The fourth-order valence-corrected chi connectivity index (χ4v) is 3.39. The smallest absolute Gasteiger partial charge is 0.237 e. The van der Waals surface area contributed by atoms with Crippen molar-refractivity contribution in [2.75, 3.05) is 32.8 Å². The molecule has 2 aromatic rings. The van der Waals surface area contributed by atoms with Gasteiger partial charge in [0.1, 0.15) is 12.4 Å². The Bertz CT molecular complexity index is 782. The molecule has 1 heterocycles. The molecule has 1 N–H and O–H groups in total. The van der Waals surface area contributed by atoms with Crippen molar-refractivity contribution >= 4 is 17.5 Å². The van der Waals surface area contributed by atoms with Gasteiger partial charge >= 0.3 is 0 Å². The minimum absolute atomic E-state index is 0.00426. The molecule has 2 aromatic carbocycles. The predicted molar refractivity (Wildman–Crippen MR) is 111 cm³/mol. The first-order valence-electron chi connectivity index (χ1n) is 9.61. The summed E-state index contributed by atoms with van der Waals surface area (Å²) < 4.78 is 11.6. The van der Waals surface area contributed by atoms with Crippen molar-refractivity contribution in [3.8, 4) is 5.75 Å². The van der Waals surface area contributed by atoms with Crippen molar-refractivity contribution in [3.05, 3.63) is 64.7 Å². The SMILES string of the molecule is Cc1cccc(OCCNC(=O)[C@@H](C)N2CCO[C@H](c3ccc(Cl)cc3)C2)c1. The Balaban J connectivity index is 1.45. The van der Waals surface area contributed by atoms with E-state index in [1.807, 2.05) is 62.4 Å². The van der Waals surface area contributed by atoms with Crippen LogP contribution in [0.4, 0.5) is 0 Å². The first-order valence-corrected chi connectivity index (χ1v) is 9.99. The summed E-state index contributed by atoms with van der Waals surface area (Å²) in [6.45, 7) is 6.88. The fourth-order valence-electron chi connectivity index (χ4n) is 3.26. The van der Waals surface area contributed by atoms with Gasteiger partial charge < -0.3 is 14.8 Å². The maximum absolute atomic E-state index is 12.5. The highest BCUT2D eigenvalue weighted by Gasteiger charge is 2.28. The fraction of sp³-hybridized carbons (Fsp3) is 0.409. The molecular formula is C22H27ClN2O3. The Morgan fingerprint density at radius 2 is 2.11 bits per heavy atom. The van der Waals surface area contributed by atoms with Crippen LogP contribution in [-0.2, 0) is 9.53 Å². The van der Waals surface area contributed by atoms with E-state index >= 15 is 0 Å². The number of aryl methyl sites for hydroxylation is 1. The van der Waals surface area contributed by atoms with E-state index in [2.05, 4.69) is 10.2 Å². The van der Waals surface area contributed by atoms with Crippen molar-refractivity contribution in [2.45, 2.75) is 26.0 Å². The van der Waals surface area contributed by atoms with Crippen LogP contribution in [-0.4, -0.2) is 49.7 Å². The van der Waals surface area contributed by atoms with E-state index in [1.165, 1.54) is 0 Å². The quantitative estimate of drug-likeness (QED) is 0.719. The molecule has 1 fully saturated rings. The van der Waals surface area contributed by atoms with Gasteiger partial charge in [-0.25, -0.2) is 0 Å². The van der Waals surface area contributed by atoms with Gasteiger partial charge in [-0.15, -0.1) is 0 Å². The summed E-state index contributed by atoms with van der Waals surface area (Å²) in [5.74, 6) is 0.825. The molecule has 0 aromatic heterocycles. The number of hydrogen-bond acceptors (Lipinski definition) is 4. The summed E-state index contributed by atoms with van der Waals surface area (Å²) in [7, 11) is 0. The average molecular weight is 403 g/mol. The van der Waals surface area contributed by atoms with Gasteiger partial charge in [-0.05, 0) is 49.2 Å². The van der Waals surface area contributed by atoms with Crippen LogP contribution in [0.5, 0.6) is 5.75 Å². The third-order valence-corrected chi connectivity index (χ3v) is 5.18. The number of carbonyl (C=O) groups is 1. The molecule has 3 rings (SSSR count). The Morgan fingerprint density at radius 3 is 2.86 bits per heavy atom. The number of halogens is 1. The summed E-state index contributed by atoms with van der Waals surface area (Å²) in [6.07, 6.45) is -0.0501. The lowest BCUT2D eigenvalue weighted by molar-refractivity contribution is -0.129. The number of carbonyl (C=O) groups excluding carboxylic acids is 1. The molecule has 28 heavy (non-hydrogen) atoms. The van der Waals surface area contributed by atoms with Gasteiger partial charge in [0.2, 0.25) is 5.91 Å². The largest absolute Gasteiger partial charge is 0.492 e. The molecular weight excluding hydrogens is 376 g/mol. The van der Waals surface area contributed by atoms with Crippen molar-refractivity contribution in [1.29, 1.82) is 0 Å². The van der Waals surface area contributed by atoms with E-state index in [0.29, 0.717) is 31.3 Å². The minimum atomic E-state index is -0.224. The van der Waals surface area contributed by atoms with E-state index in [4.69, 9.17) is 21.1 Å². The zero-order valence-electron chi connectivity index (χ0n) is 16.4. The second kappa shape index (κ2) is 9.92. The Kier molecular flexibility index (Phi) is 7.31. The van der Waals surface area contributed by atoms with Crippen LogP contribution < -0.4 is 10.1 Å². The molecule has 0 radical (unpaired) electrons. The number of rotatable bonds is 7. The van der Waals surface area contributed by atoms with Crippen LogP contribution in [0.15, 0.2) is 48.5 Å². The highest BCUT2D eigenvalue weighted by molar-refractivity contribution is 6.30. The summed E-state index contributed by atoms with van der Waals surface area (Å²) >= 11 is 5.96. The van der Waals surface area contributed by atoms with Crippen LogP contribution >= 0.6 is 11.6 Å². The number of amides is 1. The molecule has 1 amide bonds. The lowest BCUT2D eigenvalue weighted by Crippen LogP contribution is -2.50. The molecule has 6 heteroatoms. The molecule has 0 aliphatic carbocycles. The minimum Gasteiger partial charge on any atom is -0.492 e. The van der Waals surface area contributed by atoms with Gasteiger partial charge in [-0.2, -0.15) is 0 Å². The summed E-state index contributed by atoms with van der Waals surface area (Å²) in [5.41, 5.74) is 2.23. The van der Waals surface area contributed by atoms with Crippen LogP contribution in [0, 0.1) is 6.92 Å². The molecule has 1 aliphatic rings. The molecule has 5 nitrogen and oxygen atoms in total. The summed E-state index contributed by atoms with van der Waals surface area (Å²) in [6, 6.07) is 15.3. The van der Waals surface area contributed by atoms with Crippen LogP contribution in [0.3, 0.4) is 0 Å². The first-order chi connectivity index (χ1) is 13.5. The maximum Gasteiger partial charge on any atom is 0.237 e. The van der Waals surface area contributed by atoms with E-state index in [9.17, 15) is 4.79 Å². The van der Waals surface area contributed by atoms with Crippen LogP contribution in [0.25, 0.3) is 0 Å². The van der Waals surface area contributed by atoms with Gasteiger partial charge in [0.25, 0.3) is 0 Å². The highest BCUT2D eigenvalue weighted by atomic mass is 35.5. The first kappa shape index (κ1) is 20.6. The van der Waals surface area contributed by atoms with E-state index in [0.717, 1.165) is 23.4 Å². The molecule has 0 saturated carbocycles. The van der Waals surface area contributed by atoms with Crippen molar-refractivity contribution in [3.63, 3.8) is 0 Å². The van der Waals surface area contributed by atoms with Crippen molar-refractivity contribution < 1.29 is 14.3 Å². The van der Waals surface area contributed by atoms with Crippen molar-refractivity contribution in [2.24, 2.45) is 0 Å². The standard InChI is InChI=1S/C22H27ClN2O3/c1-16-4-3-5-20(14-16)27-12-10-24-22(26)17(2)25-11-13-28-21(15-25)18-6-8-19(23)9-7-18/h3-9,14,17,21H,10-13,15H2,1-2H3,(H,24,26)/t17-,21+/m1/s1. The molecule has 1 saturated heterocycles. The van der Waals surface area contributed by atoms with Gasteiger partial charge in [0.05, 0.1) is 25.3 Å². The number of morpholine rings is 1. The highest BCUT2D eigenvalue weighted by Crippen LogP contribution is 2.24. The second-order valence-electron chi connectivity index (χ2n) is 7.04. The second-order valence-corrected chi connectivity index (χ2v) is 7.47. The lowest BCUT2D eigenvalue weighted by atomic mass is 10.1. The molecule has 1 aliphatic heterocycles. The third kappa shape index (κ3) is 5.71. The van der Waals surface area contributed by atoms with Crippen molar-refractivity contribution in [1.82, 2.24) is 10.2 Å². The molecule has 0 spiro atoms. The van der Waals surface area contributed by atoms with E-state index < -0.39 is 0 Å². The molecule has 0 unspecified atom stereocenters. The Hall–Kier alpha value is -2.08. The Labute approximate surface area is 171 Å². The molecule has 0 bridgehead atoms. The molecule has 150 valence electrons. The Morgan fingerprint density at radius 1 is 1.32 bits per heavy atom. The zero-order valence-corrected chi connectivity index (χ0v) is 17.1. The van der Waals surface area contributed by atoms with E-state index in [1.54, 1.807) is 0 Å².